The summed E-state index contributed by atoms with van der Waals surface area (Å²) in [5.41, 5.74) is 7.87. The molecular formula is C13H18N2. The number of hydrogen-bond donors (Lipinski definition) is 1. The Morgan fingerprint density at radius 1 is 1.27 bits per heavy atom. The zero-order valence-corrected chi connectivity index (χ0v) is 9.24. The van der Waals surface area contributed by atoms with Crippen LogP contribution in [0.1, 0.15) is 49.8 Å². The van der Waals surface area contributed by atoms with Crippen LogP contribution < -0.4 is 5.73 Å². The monoisotopic (exact) mass is 202 g/mol. The summed E-state index contributed by atoms with van der Waals surface area (Å²) in [6.07, 6.45) is 4.67. The number of hydrogen-bond acceptors (Lipinski definition) is 2. The molecule has 0 bridgehead atoms. The van der Waals surface area contributed by atoms with E-state index in [4.69, 9.17) is 11.0 Å². The quantitative estimate of drug-likeness (QED) is 0.746. The Bertz CT molecular complexity index is 321. The van der Waals surface area contributed by atoms with E-state index >= 15 is 0 Å². The fourth-order valence-electron chi connectivity index (χ4n) is 1.59. The second-order valence-corrected chi connectivity index (χ2v) is 3.84. The molecule has 0 aliphatic heterocycles. The van der Waals surface area contributed by atoms with E-state index in [-0.39, 0.29) is 6.04 Å². The van der Waals surface area contributed by atoms with E-state index in [1.807, 2.05) is 24.3 Å². The third kappa shape index (κ3) is 3.73. The molecule has 1 unspecified atom stereocenters. The standard InChI is InChI=1S/C13H18N2/c1-2-3-4-5-13(15)12-8-6-11(10-14)7-9-12/h6-9,13H,2-5,15H2,1H3. The van der Waals surface area contributed by atoms with Crippen molar-refractivity contribution in [1.29, 1.82) is 5.26 Å². The van der Waals surface area contributed by atoms with Crippen molar-refractivity contribution < 1.29 is 0 Å². The summed E-state index contributed by atoms with van der Waals surface area (Å²) in [7, 11) is 0. The molecule has 0 aliphatic rings. The van der Waals surface area contributed by atoms with Gasteiger partial charge in [-0.25, -0.2) is 0 Å². The lowest BCUT2D eigenvalue weighted by Gasteiger charge is -2.11. The highest BCUT2D eigenvalue weighted by molar-refractivity contribution is 5.32. The van der Waals surface area contributed by atoms with E-state index in [0.717, 1.165) is 12.0 Å². The van der Waals surface area contributed by atoms with Gasteiger partial charge >= 0.3 is 0 Å². The molecule has 0 aromatic heterocycles. The van der Waals surface area contributed by atoms with E-state index in [1.54, 1.807) is 0 Å². The van der Waals surface area contributed by atoms with Crippen molar-refractivity contribution in [3.63, 3.8) is 0 Å². The molecule has 0 radical (unpaired) electrons. The average molecular weight is 202 g/mol. The molecule has 1 atom stereocenters. The first-order valence-electron chi connectivity index (χ1n) is 5.53. The number of nitrogens with two attached hydrogens (primary N) is 1. The minimum Gasteiger partial charge on any atom is -0.324 e. The lowest BCUT2D eigenvalue weighted by atomic mass is 10.0. The number of nitrogens with zero attached hydrogens (tertiary/aromatic N) is 1. The molecule has 1 aromatic carbocycles. The molecule has 15 heavy (non-hydrogen) atoms. The van der Waals surface area contributed by atoms with Gasteiger partial charge in [-0.05, 0) is 24.1 Å². The molecular weight excluding hydrogens is 184 g/mol. The van der Waals surface area contributed by atoms with E-state index in [9.17, 15) is 0 Å². The Balaban J connectivity index is 2.51. The van der Waals surface area contributed by atoms with E-state index in [2.05, 4.69) is 13.0 Å². The zero-order chi connectivity index (χ0) is 11.1. The first kappa shape index (κ1) is 11.7. The van der Waals surface area contributed by atoms with Crippen LogP contribution in [0.25, 0.3) is 0 Å². The van der Waals surface area contributed by atoms with Crippen LogP contribution in [0.3, 0.4) is 0 Å². The molecule has 2 N–H and O–H groups in total. The van der Waals surface area contributed by atoms with Crippen LogP contribution in [0.2, 0.25) is 0 Å². The van der Waals surface area contributed by atoms with Crippen molar-refractivity contribution in [1.82, 2.24) is 0 Å². The van der Waals surface area contributed by atoms with E-state index < -0.39 is 0 Å². The fraction of sp³-hybridized carbons (Fsp3) is 0.462. The fourth-order valence-corrected chi connectivity index (χ4v) is 1.59. The predicted octanol–water partition coefficient (Wildman–Crippen LogP) is 3.14. The molecule has 1 rings (SSSR count). The van der Waals surface area contributed by atoms with Crippen LogP contribution >= 0.6 is 0 Å². The highest BCUT2D eigenvalue weighted by atomic mass is 14.6. The molecule has 0 aliphatic carbocycles. The maximum atomic E-state index is 8.66. The summed E-state index contributed by atoms with van der Waals surface area (Å²) in [5, 5.41) is 8.66. The Morgan fingerprint density at radius 3 is 2.47 bits per heavy atom. The number of benzene rings is 1. The molecule has 80 valence electrons. The van der Waals surface area contributed by atoms with Gasteiger partial charge in [-0.3, -0.25) is 0 Å². The molecule has 0 fully saturated rings. The first-order valence-corrected chi connectivity index (χ1v) is 5.53. The van der Waals surface area contributed by atoms with Gasteiger partial charge in [0.15, 0.2) is 0 Å². The average Bonchev–Trinajstić information content (AvgIpc) is 2.29. The molecule has 0 spiro atoms. The summed E-state index contributed by atoms with van der Waals surface area (Å²) in [5.74, 6) is 0. The maximum Gasteiger partial charge on any atom is 0.0991 e. The Hall–Kier alpha value is -1.33. The lowest BCUT2D eigenvalue weighted by Crippen LogP contribution is -2.09. The van der Waals surface area contributed by atoms with Gasteiger partial charge in [-0.2, -0.15) is 5.26 Å². The van der Waals surface area contributed by atoms with E-state index in [0.29, 0.717) is 5.56 Å². The van der Waals surface area contributed by atoms with Crippen molar-refractivity contribution in [2.45, 2.75) is 38.6 Å². The minimum atomic E-state index is 0.115. The molecule has 1 aromatic rings. The molecule has 0 saturated heterocycles. The van der Waals surface area contributed by atoms with Gasteiger partial charge in [-0.15, -0.1) is 0 Å². The van der Waals surface area contributed by atoms with Crippen molar-refractivity contribution in [2.75, 3.05) is 0 Å². The van der Waals surface area contributed by atoms with Crippen LogP contribution in [-0.4, -0.2) is 0 Å². The third-order valence-electron chi connectivity index (χ3n) is 2.59. The lowest BCUT2D eigenvalue weighted by molar-refractivity contribution is 0.581. The second kappa shape index (κ2) is 6.21. The summed E-state index contributed by atoms with van der Waals surface area (Å²) in [6, 6.07) is 9.78. The minimum absolute atomic E-state index is 0.115. The molecule has 0 saturated carbocycles. The van der Waals surface area contributed by atoms with Gasteiger partial charge in [0.1, 0.15) is 0 Å². The normalized spacial score (nSPS) is 12.1. The zero-order valence-electron chi connectivity index (χ0n) is 9.24. The van der Waals surface area contributed by atoms with Gasteiger partial charge in [-0.1, -0.05) is 38.3 Å². The van der Waals surface area contributed by atoms with Crippen molar-refractivity contribution in [3.8, 4) is 6.07 Å². The van der Waals surface area contributed by atoms with Crippen molar-refractivity contribution in [2.24, 2.45) is 5.73 Å². The van der Waals surface area contributed by atoms with Gasteiger partial charge < -0.3 is 5.73 Å². The molecule has 2 nitrogen and oxygen atoms in total. The Labute approximate surface area is 91.7 Å². The van der Waals surface area contributed by atoms with Crippen LogP contribution in [0.5, 0.6) is 0 Å². The van der Waals surface area contributed by atoms with Crippen molar-refractivity contribution >= 4 is 0 Å². The summed E-state index contributed by atoms with van der Waals surface area (Å²) >= 11 is 0. The maximum absolute atomic E-state index is 8.66. The number of unbranched alkanes of at least 4 members (excludes halogenated alkanes) is 2. The summed E-state index contributed by atoms with van der Waals surface area (Å²) in [4.78, 5) is 0. The molecule has 2 heteroatoms. The van der Waals surface area contributed by atoms with Gasteiger partial charge in [0, 0.05) is 6.04 Å². The van der Waals surface area contributed by atoms with Gasteiger partial charge in [0.2, 0.25) is 0 Å². The first-order chi connectivity index (χ1) is 7.27. The third-order valence-corrected chi connectivity index (χ3v) is 2.59. The smallest absolute Gasteiger partial charge is 0.0991 e. The van der Waals surface area contributed by atoms with Crippen molar-refractivity contribution in [3.05, 3.63) is 35.4 Å². The van der Waals surface area contributed by atoms with Crippen LogP contribution in [0, 0.1) is 11.3 Å². The highest BCUT2D eigenvalue weighted by Crippen LogP contribution is 2.17. The summed E-state index contributed by atoms with van der Waals surface area (Å²) < 4.78 is 0. The van der Waals surface area contributed by atoms with E-state index in [1.165, 1.54) is 19.3 Å². The summed E-state index contributed by atoms with van der Waals surface area (Å²) in [6.45, 7) is 2.19. The predicted molar refractivity (Wildman–Crippen MR) is 62.2 cm³/mol. The van der Waals surface area contributed by atoms with Crippen LogP contribution in [-0.2, 0) is 0 Å². The molecule has 0 heterocycles. The SMILES string of the molecule is CCCCCC(N)c1ccc(C#N)cc1. The second-order valence-electron chi connectivity index (χ2n) is 3.84. The number of rotatable bonds is 5. The molecule has 0 amide bonds. The Morgan fingerprint density at radius 2 is 1.93 bits per heavy atom. The topological polar surface area (TPSA) is 49.8 Å². The largest absolute Gasteiger partial charge is 0.324 e. The van der Waals surface area contributed by atoms with Crippen LogP contribution in [0.4, 0.5) is 0 Å². The van der Waals surface area contributed by atoms with Gasteiger partial charge in [0.25, 0.3) is 0 Å². The highest BCUT2D eigenvalue weighted by Gasteiger charge is 2.04. The van der Waals surface area contributed by atoms with Crippen LogP contribution in [0.15, 0.2) is 24.3 Å². The van der Waals surface area contributed by atoms with Gasteiger partial charge in [0.05, 0.1) is 11.6 Å². The number of nitriles is 1. The Kier molecular flexibility index (Phi) is 4.86.